The first-order chi connectivity index (χ1) is 6.54. The topological polar surface area (TPSA) is 63.3 Å². The van der Waals surface area contributed by atoms with Gasteiger partial charge in [-0.2, -0.15) is 0 Å². The average Bonchev–Trinajstić information content (AvgIpc) is 2.02. The molecule has 3 heteroatoms. The summed E-state index contributed by atoms with van der Waals surface area (Å²) in [6.07, 6.45) is 10.00. The van der Waals surface area contributed by atoms with E-state index in [1.807, 2.05) is 0 Å². The van der Waals surface area contributed by atoms with Gasteiger partial charge in [0.15, 0.2) is 0 Å². The van der Waals surface area contributed by atoms with Gasteiger partial charge in [0.1, 0.15) is 0 Å². The second-order valence-corrected chi connectivity index (χ2v) is 4.75. The third-order valence-electron chi connectivity index (χ3n) is 3.30. The highest BCUT2D eigenvalue weighted by atomic mass is 16.4. The first kappa shape index (κ1) is 11.5. The number of carbonyl (C=O) groups is 1. The number of aliphatic carboxylic acids is 1. The van der Waals surface area contributed by atoms with Crippen molar-refractivity contribution in [1.82, 2.24) is 0 Å². The molecule has 0 saturated heterocycles. The van der Waals surface area contributed by atoms with Crippen molar-refractivity contribution in [2.75, 3.05) is 0 Å². The first-order valence-electron chi connectivity index (χ1n) is 5.49. The fourth-order valence-corrected chi connectivity index (χ4v) is 2.76. The molecule has 2 fully saturated rings. The van der Waals surface area contributed by atoms with Crippen LogP contribution in [0.25, 0.3) is 0 Å². The summed E-state index contributed by atoms with van der Waals surface area (Å²) < 4.78 is 0. The molecule has 82 valence electrons. The minimum absolute atomic E-state index is 0.554. The van der Waals surface area contributed by atoms with E-state index in [-0.39, 0.29) is 0 Å². The molecule has 0 aliphatic heterocycles. The Labute approximate surface area is 85.7 Å². The van der Waals surface area contributed by atoms with Crippen LogP contribution in [-0.2, 0) is 4.79 Å². The Morgan fingerprint density at radius 2 is 1.71 bits per heavy atom. The number of hydrogen-bond acceptors (Lipinski definition) is 2. The van der Waals surface area contributed by atoms with Gasteiger partial charge < -0.3 is 10.8 Å². The Bertz CT molecular complexity index is 178. The molecule has 0 aromatic carbocycles. The van der Waals surface area contributed by atoms with Gasteiger partial charge in [-0.05, 0) is 31.1 Å². The van der Waals surface area contributed by atoms with E-state index >= 15 is 0 Å². The first-order valence-corrected chi connectivity index (χ1v) is 5.49. The summed E-state index contributed by atoms with van der Waals surface area (Å²) in [5, 5.41) is 7.42. The van der Waals surface area contributed by atoms with Gasteiger partial charge in [-0.25, -0.2) is 0 Å². The van der Waals surface area contributed by atoms with E-state index in [0.717, 1.165) is 12.3 Å². The molecular weight excluding hydrogens is 178 g/mol. The Morgan fingerprint density at radius 3 is 2.07 bits per heavy atom. The van der Waals surface area contributed by atoms with Crippen molar-refractivity contribution in [3.63, 3.8) is 0 Å². The molecule has 2 rings (SSSR count). The molecule has 0 aromatic rings. The fourth-order valence-electron chi connectivity index (χ4n) is 2.76. The van der Waals surface area contributed by atoms with Crippen molar-refractivity contribution < 1.29 is 9.90 Å². The number of nitrogens with two attached hydrogens (primary N) is 1. The highest BCUT2D eigenvalue weighted by Crippen LogP contribution is 2.50. The molecule has 1 spiro atoms. The molecule has 2 aliphatic carbocycles. The van der Waals surface area contributed by atoms with Gasteiger partial charge in [0.05, 0.1) is 0 Å². The smallest absolute Gasteiger partial charge is 0.300 e. The lowest BCUT2D eigenvalue weighted by Gasteiger charge is -2.49. The Hall–Kier alpha value is -0.570. The zero-order valence-corrected chi connectivity index (χ0v) is 8.96. The molecule has 2 aliphatic rings. The quantitative estimate of drug-likeness (QED) is 0.628. The summed E-state index contributed by atoms with van der Waals surface area (Å²) in [7, 11) is 0. The minimum Gasteiger partial charge on any atom is -0.481 e. The summed E-state index contributed by atoms with van der Waals surface area (Å²) >= 11 is 0. The maximum atomic E-state index is 9.00. The lowest BCUT2D eigenvalue weighted by Crippen LogP contribution is -2.46. The Kier molecular flexibility index (Phi) is 3.93. The second kappa shape index (κ2) is 4.78. The standard InChI is InChI=1S/C9H17N.C2H4O2/c10-8-6-9(7-8)4-2-1-3-5-9;1-2(3)4/h8H,1-7,10H2;1H3,(H,3,4). The lowest BCUT2D eigenvalue weighted by atomic mass is 9.59. The summed E-state index contributed by atoms with van der Waals surface area (Å²) in [6, 6.07) is 0.554. The molecule has 2 saturated carbocycles. The molecule has 0 atom stereocenters. The van der Waals surface area contributed by atoms with Crippen LogP contribution in [0.3, 0.4) is 0 Å². The van der Waals surface area contributed by atoms with Crippen LogP contribution in [0.1, 0.15) is 51.9 Å². The van der Waals surface area contributed by atoms with E-state index in [2.05, 4.69) is 0 Å². The minimum atomic E-state index is -0.833. The molecule has 0 aromatic heterocycles. The Balaban J connectivity index is 0.000000213. The van der Waals surface area contributed by atoms with E-state index < -0.39 is 5.97 Å². The summed E-state index contributed by atoms with van der Waals surface area (Å²) in [5.74, 6) is -0.833. The second-order valence-electron chi connectivity index (χ2n) is 4.75. The van der Waals surface area contributed by atoms with Crippen molar-refractivity contribution in [2.45, 2.75) is 57.9 Å². The van der Waals surface area contributed by atoms with E-state index in [0.29, 0.717) is 6.04 Å². The molecule has 14 heavy (non-hydrogen) atoms. The van der Waals surface area contributed by atoms with Gasteiger partial charge in [0, 0.05) is 13.0 Å². The maximum absolute atomic E-state index is 9.00. The van der Waals surface area contributed by atoms with Crippen LogP contribution < -0.4 is 5.73 Å². The molecule has 3 N–H and O–H groups in total. The van der Waals surface area contributed by atoms with Crippen LogP contribution >= 0.6 is 0 Å². The predicted molar refractivity (Wildman–Crippen MR) is 56.0 cm³/mol. The van der Waals surface area contributed by atoms with Crippen LogP contribution in [-0.4, -0.2) is 17.1 Å². The molecule has 0 amide bonds. The van der Waals surface area contributed by atoms with Gasteiger partial charge in [0.25, 0.3) is 5.97 Å². The summed E-state index contributed by atoms with van der Waals surface area (Å²) in [4.78, 5) is 9.00. The molecule has 0 heterocycles. The third-order valence-corrected chi connectivity index (χ3v) is 3.30. The number of rotatable bonds is 0. The normalized spacial score (nSPS) is 24.7. The van der Waals surface area contributed by atoms with Gasteiger partial charge in [0.2, 0.25) is 0 Å². The summed E-state index contributed by atoms with van der Waals surface area (Å²) in [5.41, 5.74) is 6.53. The monoisotopic (exact) mass is 199 g/mol. The Morgan fingerprint density at radius 1 is 1.29 bits per heavy atom. The molecule has 0 bridgehead atoms. The molecule has 3 nitrogen and oxygen atoms in total. The van der Waals surface area contributed by atoms with Crippen molar-refractivity contribution in [1.29, 1.82) is 0 Å². The largest absolute Gasteiger partial charge is 0.481 e. The van der Waals surface area contributed by atoms with Crippen LogP contribution in [0.15, 0.2) is 0 Å². The predicted octanol–water partition coefficient (Wildman–Crippen LogP) is 2.15. The highest BCUT2D eigenvalue weighted by molar-refractivity contribution is 5.62. The average molecular weight is 199 g/mol. The van der Waals surface area contributed by atoms with Gasteiger partial charge >= 0.3 is 0 Å². The zero-order chi connectivity index (χ0) is 10.6. The fraction of sp³-hybridized carbons (Fsp3) is 0.909. The van der Waals surface area contributed by atoms with Crippen LogP contribution in [0.5, 0.6) is 0 Å². The van der Waals surface area contributed by atoms with Gasteiger partial charge in [-0.1, -0.05) is 19.3 Å². The van der Waals surface area contributed by atoms with Crippen molar-refractivity contribution in [3.8, 4) is 0 Å². The SMILES string of the molecule is CC(=O)O.NC1CC2(CCCCC2)C1. The van der Waals surface area contributed by atoms with Gasteiger partial charge in [-0.15, -0.1) is 0 Å². The van der Waals surface area contributed by atoms with Crippen molar-refractivity contribution in [2.24, 2.45) is 11.1 Å². The van der Waals surface area contributed by atoms with E-state index in [4.69, 9.17) is 15.6 Å². The number of hydrogen-bond donors (Lipinski definition) is 2. The molecule has 0 unspecified atom stereocenters. The maximum Gasteiger partial charge on any atom is 0.300 e. The molecule has 0 radical (unpaired) electrons. The third kappa shape index (κ3) is 3.29. The van der Waals surface area contributed by atoms with E-state index in [9.17, 15) is 0 Å². The van der Waals surface area contributed by atoms with Crippen molar-refractivity contribution in [3.05, 3.63) is 0 Å². The zero-order valence-electron chi connectivity index (χ0n) is 8.96. The van der Waals surface area contributed by atoms with E-state index in [1.165, 1.54) is 44.9 Å². The van der Waals surface area contributed by atoms with Crippen molar-refractivity contribution >= 4 is 5.97 Å². The number of carboxylic acid groups (broad SMARTS) is 1. The van der Waals surface area contributed by atoms with Crippen LogP contribution in [0.2, 0.25) is 0 Å². The highest BCUT2D eigenvalue weighted by Gasteiger charge is 2.42. The van der Waals surface area contributed by atoms with Gasteiger partial charge in [-0.3, -0.25) is 4.79 Å². The number of carboxylic acids is 1. The lowest BCUT2D eigenvalue weighted by molar-refractivity contribution is -0.134. The summed E-state index contributed by atoms with van der Waals surface area (Å²) in [6.45, 7) is 1.08. The van der Waals surface area contributed by atoms with Crippen LogP contribution in [0.4, 0.5) is 0 Å². The van der Waals surface area contributed by atoms with Crippen LogP contribution in [0, 0.1) is 5.41 Å². The molecular formula is C11H21NO2. The van der Waals surface area contributed by atoms with E-state index in [1.54, 1.807) is 0 Å².